The third-order valence-corrected chi connectivity index (χ3v) is 3.10. The van der Waals surface area contributed by atoms with Crippen molar-refractivity contribution in [2.45, 2.75) is 44.3 Å². The summed E-state index contributed by atoms with van der Waals surface area (Å²) in [6.07, 6.45) is 6.40. The molecule has 0 aromatic rings. The first-order valence-corrected chi connectivity index (χ1v) is 4.84. The van der Waals surface area contributed by atoms with Gasteiger partial charge in [-0.2, -0.15) is 0 Å². The molecule has 3 atom stereocenters. The molecule has 2 aliphatic carbocycles. The third-order valence-electron chi connectivity index (χ3n) is 3.10. The van der Waals surface area contributed by atoms with Crippen LogP contribution in [0, 0.1) is 5.92 Å². The van der Waals surface area contributed by atoms with Crippen LogP contribution < -0.4 is 0 Å². The Balaban J connectivity index is 2.14. The highest BCUT2D eigenvalue weighted by Gasteiger charge is 2.29. The number of aliphatic hydroxyl groups excluding tert-OH is 2. The molecule has 0 aromatic carbocycles. The molecule has 0 saturated heterocycles. The summed E-state index contributed by atoms with van der Waals surface area (Å²) < 4.78 is 0. The van der Waals surface area contributed by atoms with Crippen molar-refractivity contribution in [3.05, 3.63) is 11.6 Å². The van der Waals surface area contributed by atoms with Gasteiger partial charge in [-0.15, -0.1) is 0 Å². The van der Waals surface area contributed by atoms with Crippen molar-refractivity contribution in [3.8, 4) is 0 Å². The van der Waals surface area contributed by atoms with Crippen LogP contribution in [0.5, 0.6) is 0 Å². The number of hydrogen-bond donors (Lipinski definition) is 2. The number of aliphatic hydroxyl groups is 2. The Morgan fingerprint density at radius 2 is 2.08 bits per heavy atom. The summed E-state index contributed by atoms with van der Waals surface area (Å²) in [5, 5.41) is 18.8. The highest BCUT2D eigenvalue weighted by atomic mass is 16.3. The molecule has 1 saturated carbocycles. The number of rotatable bonds is 0. The molecular weight excluding hydrogens is 152 g/mol. The van der Waals surface area contributed by atoms with Gasteiger partial charge in [0, 0.05) is 0 Å². The van der Waals surface area contributed by atoms with E-state index in [-0.39, 0.29) is 0 Å². The number of allylic oxidation sites excluding steroid dienone is 1. The van der Waals surface area contributed by atoms with Crippen LogP contribution in [0.25, 0.3) is 0 Å². The monoisotopic (exact) mass is 168 g/mol. The lowest BCUT2D eigenvalue weighted by atomic mass is 9.76. The van der Waals surface area contributed by atoms with Crippen molar-refractivity contribution >= 4 is 0 Å². The Hall–Kier alpha value is -0.340. The van der Waals surface area contributed by atoms with Crippen LogP contribution in [0.4, 0.5) is 0 Å². The van der Waals surface area contributed by atoms with E-state index in [4.69, 9.17) is 0 Å². The summed E-state index contributed by atoms with van der Waals surface area (Å²) in [5.74, 6) is 0.567. The molecule has 0 heterocycles. The van der Waals surface area contributed by atoms with Crippen LogP contribution in [0.15, 0.2) is 11.6 Å². The normalized spacial score (nSPS) is 41.8. The zero-order valence-corrected chi connectivity index (χ0v) is 7.24. The molecule has 1 fully saturated rings. The summed E-state index contributed by atoms with van der Waals surface area (Å²) in [5.41, 5.74) is 1.39. The lowest BCUT2D eigenvalue weighted by Gasteiger charge is -2.33. The minimum atomic E-state index is -0.602. The van der Waals surface area contributed by atoms with Gasteiger partial charge in [-0.05, 0) is 31.6 Å². The van der Waals surface area contributed by atoms with E-state index in [1.165, 1.54) is 24.8 Å². The first-order chi connectivity index (χ1) is 5.77. The first-order valence-electron chi connectivity index (χ1n) is 4.84. The molecule has 0 radical (unpaired) electrons. The van der Waals surface area contributed by atoms with E-state index in [2.05, 4.69) is 0 Å². The van der Waals surface area contributed by atoms with Gasteiger partial charge in [-0.3, -0.25) is 0 Å². The molecule has 0 aromatic heterocycles. The average molecular weight is 168 g/mol. The van der Waals surface area contributed by atoms with Gasteiger partial charge in [0.1, 0.15) is 0 Å². The first kappa shape index (κ1) is 8.27. The maximum absolute atomic E-state index is 9.42. The Labute approximate surface area is 72.9 Å². The second kappa shape index (κ2) is 3.19. The van der Waals surface area contributed by atoms with E-state index in [0.29, 0.717) is 5.92 Å². The molecule has 0 spiro atoms. The van der Waals surface area contributed by atoms with E-state index >= 15 is 0 Å². The van der Waals surface area contributed by atoms with Gasteiger partial charge in [0.25, 0.3) is 0 Å². The van der Waals surface area contributed by atoms with Crippen molar-refractivity contribution in [1.82, 2.24) is 0 Å². The molecule has 0 amide bonds. The molecule has 68 valence electrons. The largest absolute Gasteiger partial charge is 0.390 e. The van der Waals surface area contributed by atoms with Crippen LogP contribution in [-0.4, -0.2) is 22.4 Å². The highest BCUT2D eigenvalue weighted by molar-refractivity contribution is 5.16. The fourth-order valence-corrected chi connectivity index (χ4v) is 2.36. The second-order valence-corrected chi connectivity index (χ2v) is 3.98. The lowest BCUT2D eigenvalue weighted by molar-refractivity contribution is 0.0229. The van der Waals surface area contributed by atoms with E-state index in [1.807, 2.05) is 6.08 Å². The van der Waals surface area contributed by atoms with E-state index < -0.39 is 12.2 Å². The SMILES string of the molecule is OC1C=C2CCCC[C@H]2CC1O. The topological polar surface area (TPSA) is 40.5 Å². The summed E-state index contributed by atoms with van der Waals surface area (Å²) >= 11 is 0. The minimum absolute atomic E-state index is 0.517. The Morgan fingerprint density at radius 1 is 1.25 bits per heavy atom. The zero-order chi connectivity index (χ0) is 8.55. The minimum Gasteiger partial charge on any atom is -0.390 e. The molecule has 12 heavy (non-hydrogen) atoms. The average Bonchev–Trinajstić information content (AvgIpc) is 2.07. The Morgan fingerprint density at radius 3 is 2.92 bits per heavy atom. The Kier molecular flexibility index (Phi) is 2.20. The molecule has 2 unspecified atom stereocenters. The van der Waals surface area contributed by atoms with Gasteiger partial charge in [0.2, 0.25) is 0 Å². The van der Waals surface area contributed by atoms with Crippen LogP contribution in [0.3, 0.4) is 0 Å². The quantitative estimate of drug-likeness (QED) is 0.534. The van der Waals surface area contributed by atoms with E-state index in [0.717, 1.165) is 12.8 Å². The van der Waals surface area contributed by atoms with E-state index in [1.54, 1.807) is 0 Å². The van der Waals surface area contributed by atoms with Crippen LogP contribution in [-0.2, 0) is 0 Å². The highest BCUT2D eigenvalue weighted by Crippen LogP contribution is 2.36. The molecule has 0 bridgehead atoms. The molecule has 2 heteroatoms. The number of fused-ring (bicyclic) bond motifs is 1. The van der Waals surface area contributed by atoms with Gasteiger partial charge in [-0.25, -0.2) is 0 Å². The summed E-state index contributed by atoms with van der Waals surface area (Å²) in [7, 11) is 0. The fourth-order valence-electron chi connectivity index (χ4n) is 2.36. The maximum atomic E-state index is 9.42. The molecule has 2 aliphatic rings. The van der Waals surface area contributed by atoms with Gasteiger partial charge in [0.15, 0.2) is 0 Å². The van der Waals surface area contributed by atoms with Crippen LogP contribution in [0.2, 0.25) is 0 Å². The van der Waals surface area contributed by atoms with Gasteiger partial charge in [0.05, 0.1) is 12.2 Å². The van der Waals surface area contributed by atoms with Crippen LogP contribution >= 0.6 is 0 Å². The van der Waals surface area contributed by atoms with Crippen molar-refractivity contribution in [3.63, 3.8) is 0 Å². The summed E-state index contributed by atoms with van der Waals surface area (Å²) in [6.45, 7) is 0. The molecular formula is C10H16O2. The van der Waals surface area contributed by atoms with Crippen molar-refractivity contribution < 1.29 is 10.2 Å². The third kappa shape index (κ3) is 1.41. The van der Waals surface area contributed by atoms with Crippen molar-refractivity contribution in [2.75, 3.05) is 0 Å². The predicted molar refractivity (Wildman–Crippen MR) is 46.7 cm³/mol. The van der Waals surface area contributed by atoms with E-state index in [9.17, 15) is 10.2 Å². The van der Waals surface area contributed by atoms with Gasteiger partial charge >= 0.3 is 0 Å². The molecule has 2 rings (SSSR count). The van der Waals surface area contributed by atoms with Gasteiger partial charge in [-0.1, -0.05) is 18.1 Å². The maximum Gasteiger partial charge on any atom is 0.0982 e. The molecule has 2 nitrogen and oxygen atoms in total. The molecule has 0 aliphatic heterocycles. The van der Waals surface area contributed by atoms with Crippen LogP contribution in [0.1, 0.15) is 32.1 Å². The standard InChI is InChI=1S/C10H16O2/c11-9-5-7-3-1-2-4-8(7)6-10(9)12/h5,8-12H,1-4,6H2/t8-,9?,10?/m0/s1. The smallest absolute Gasteiger partial charge is 0.0982 e. The van der Waals surface area contributed by atoms with Gasteiger partial charge < -0.3 is 10.2 Å². The summed E-state index contributed by atoms with van der Waals surface area (Å²) in [6, 6.07) is 0. The van der Waals surface area contributed by atoms with Crippen molar-refractivity contribution in [1.29, 1.82) is 0 Å². The zero-order valence-electron chi connectivity index (χ0n) is 7.24. The number of hydrogen-bond acceptors (Lipinski definition) is 2. The second-order valence-electron chi connectivity index (χ2n) is 3.98. The Bertz CT molecular complexity index is 198. The predicted octanol–water partition coefficient (Wildman–Crippen LogP) is 1.23. The summed E-state index contributed by atoms with van der Waals surface area (Å²) in [4.78, 5) is 0. The lowest BCUT2D eigenvalue weighted by Crippen LogP contribution is -2.33. The fraction of sp³-hybridized carbons (Fsp3) is 0.800. The van der Waals surface area contributed by atoms with Crippen molar-refractivity contribution in [2.24, 2.45) is 5.92 Å². The molecule has 2 N–H and O–H groups in total.